The molecule has 0 spiro atoms. The molecule has 3 heterocycles. The highest BCUT2D eigenvalue weighted by Crippen LogP contribution is 2.31. The minimum atomic E-state index is -1.18. The first-order valence-corrected chi connectivity index (χ1v) is 11.4. The molecule has 1 unspecified atom stereocenters. The lowest BCUT2D eigenvalue weighted by atomic mass is 9.90. The predicted molar refractivity (Wildman–Crippen MR) is 127 cm³/mol. The molecule has 2 aromatic carbocycles. The molecule has 0 aliphatic carbocycles. The number of nitrogens with zero attached hydrogens (tertiary/aromatic N) is 5. The number of nitrogens with one attached hydrogen (secondary N) is 1. The number of hydrogen-bond donors (Lipinski definition) is 1. The van der Waals surface area contributed by atoms with Gasteiger partial charge >= 0.3 is 6.03 Å². The van der Waals surface area contributed by atoms with Gasteiger partial charge in [0.25, 0.3) is 11.5 Å². The Morgan fingerprint density at radius 2 is 1.71 bits per heavy atom. The number of imide groups is 1. The van der Waals surface area contributed by atoms with Gasteiger partial charge in [0.1, 0.15) is 5.54 Å². The second kappa shape index (κ2) is 7.79. The molecule has 9 nitrogen and oxygen atoms in total. The van der Waals surface area contributed by atoms with Gasteiger partial charge in [-0.05, 0) is 43.0 Å². The van der Waals surface area contributed by atoms with Crippen molar-refractivity contribution in [3.8, 4) is 0 Å². The average molecular weight is 459 g/mol. The summed E-state index contributed by atoms with van der Waals surface area (Å²) in [7, 11) is 0. The van der Waals surface area contributed by atoms with Gasteiger partial charge in [-0.15, -0.1) is 10.2 Å². The molecular weight excluding hydrogens is 432 g/mol. The van der Waals surface area contributed by atoms with Crippen molar-refractivity contribution in [1.29, 1.82) is 0 Å². The summed E-state index contributed by atoms with van der Waals surface area (Å²) in [6.07, 6.45) is 0. The SMILES string of the molecule is CCn1c(=O)c2ccccc2n2c(CN3C(=O)NC(C)(c4ccc(C(C)C)cc4)C3=O)nnc12. The zero-order valence-corrected chi connectivity index (χ0v) is 19.6. The van der Waals surface area contributed by atoms with E-state index in [-0.39, 0.29) is 18.0 Å². The maximum atomic E-state index is 13.5. The molecule has 174 valence electrons. The van der Waals surface area contributed by atoms with Crippen molar-refractivity contribution in [2.24, 2.45) is 0 Å². The highest BCUT2D eigenvalue weighted by molar-refractivity contribution is 6.07. The number of urea groups is 1. The average Bonchev–Trinajstić information content (AvgIpc) is 3.34. The van der Waals surface area contributed by atoms with Crippen molar-refractivity contribution in [2.45, 2.75) is 52.2 Å². The summed E-state index contributed by atoms with van der Waals surface area (Å²) in [6, 6.07) is 14.4. The second-order valence-corrected chi connectivity index (χ2v) is 9.04. The molecule has 4 aromatic rings. The van der Waals surface area contributed by atoms with E-state index in [1.165, 1.54) is 4.57 Å². The largest absolute Gasteiger partial charge is 0.325 e. The zero-order chi connectivity index (χ0) is 24.2. The second-order valence-electron chi connectivity index (χ2n) is 9.04. The molecule has 1 atom stereocenters. The van der Waals surface area contributed by atoms with E-state index in [2.05, 4.69) is 29.4 Å². The van der Waals surface area contributed by atoms with Crippen LogP contribution in [0.2, 0.25) is 0 Å². The number of carbonyl (C=O) groups is 2. The third-order valence-electron chi connectivity index (χ3n) is 6.62. The molecule has 0 bridgehead atoms. The van der Waals surface area contributed by atoms with E-state index in [0.717, 1.165) is 10.5 Å². The molecule has 0 radical (unpaired) electrons. The molecule has 1 N–H and O–H groups in total. The molecule has 9 heteroatoms. The van der Waals surface area contributed by atoms with Crippen LogP contribution in [0, 0.1) is 0 Å². The molecule has 5 rings (SSSR count). The van der Waals surface area contributed by atoms with Crippen LogP contribution in [0.15, 0.2) is 53.3 Å². The zero-order valence-electron chi connectivity index (χ0n) is 19.6. The van der Waals surface area contributed by atoms with Crippen LogP contribution in [0.25, 0.3) is 16.7 Å². The maximum Gasteiger partial charge on any atom is 0.325 e. The van der Waals surface area contributed by atoms with Gasteiger partial charge < -0.3 is 5.32 Å². The topological polar surface area (TPSA) is 102 Å². The highest BCUT2D eigenvalue weighted by Gasteiger charge is 2.49. The van der Waals surface area contributed by atoms with Crippen LogP contribution in [-0.4, -0.2) is 36.0 Å². The van der Waals surface area contributed by atoms with E-state index in [0.29, 0.717) is 40.5 Å². The van der Waals surface area contributed by atoms with Crippen LogP contribution in [-0.2, 0) is 23.4 Å². The summed E-state index contributed by atoms with van der Waals surface area (Å²) in [6.45, 7) is 8.12. The number of fused-ring (bicyclic) bond motifs is 3. The number of aryl methyl sites for hydroxylation is 1. The fourth-order valence-corrected chi connectivity index (χ4v) is 4.58. The molecule has 1 aliphatic rings. The van der Waals surface area contributed by atoms with Crippen LogP contribution in [0.4, 0.5) is 4.79 Å². The summed E-state index contributed by atoms with van der Waals surface area (Å²) in [5.74, 6) is 0.778. The van der Waals surface area contributed by atoms with Crippen molar-refractivity contribution in [2.75, 3.05) is 0 Å². The number of benzene rings is 2. The number of carbonyl (C=O) groups excluding carboxylic acids is 2. The molecule has 34 heavy (non-hydrogen) atoms. The van der Waals surface area contributed by atoms with Gasteiger partial charge in [0.2, 0.25) is 5.78 Å². The van der Waals surface area contributed by atoms with Crippen LogP contribution in [0.3, 0.4) is 0 Å². The Labute approximate surface area is 196 Å². The quantitative estimate of drug-likeness (QED) is 0.463. The fraction of sp³-hybridized carbons (Fsp3) is 0.320. The standard InChI is InChI=1S/C25H26N6O3/c1-5-29-21(32)18-8-6-7-9-19(18)31-20(27-28-23(29)31)14-30-22(33)25(4,26-24(30)34)17-12-10-16(11-13-17)15(2)3/h6-13,15H,5,14H2,1-4H3,(H,26,34). The van der Waals surface area contributed by atoms with Crippen LogP contribution >= 0.6 is 0 Å². The summed E-state index contributed by atoms with van der Waals surface area (Å²) in [5, 5.41) is 11.8. The van der Waals surface area contributed by atoms with Gasteiger partial charge in [-0.1, -0.05) is 50.2 Å². The summed E-state index contributed by atoms with van der Waals surface area (Å²) < 4.78 is 3.28. The Kier molecular flexibility index (Phi) is 5.00. The van der Waals surface area contributed by atoms with E-state index in [4.69, 9.17) is 0 Å². The number of hydrogen-bond acceptors (Lipinski definition) is 5. The monoisotopic (exact) mass is 458 g/mol. The number of para-hydroxylation sites is 1. The van der Waals surface area contributed by atoms with E-state index in [1.807, 2.05) is 43.3 Å². The van der Waals surface area contributed by atoms with E-state index in [9.17, 15) is 14.4 Å². The minimum Gasteiger partial charge on any atom is -0.319 e. The van der Waals surface area contributed by atoms with Crippen LogP contribution < -0.4 is 10.9 Å². The third-order valence-corrected chi connectivity index (χ3v) is 6.62. The van der Waals surface area contributed by atoms with E-state index in [1.54, 1.807) is 23.5 Å². The minimum absolute atomic E-state index is 0.0720. The molecule has 0 saturated carbocycles. The molecular formula is C25H26N6O3. The Hall–Kier alpha value is -4.01. The van der Waals surface area contributed by atoms with E-state index >= 15 is 0 Å². The fourth-order valence-electron chi connectivity index (χ4n) is 4.58. The van der Waals surface area contributed by atoms with Gasteiger partial charge in [-0.3, -0.25) is 23.5 Å². The first kappa shape index (κ1) is 21.8. The summed E-state index contributed by atoms with van der Waals surface area (Å²) >= 11 is 0. The van der Waals surface area contributed by atoms with Crippen LogP contribution in [0.1, 0.15) is 50.6 Å². The van der Waals surface area contributed by atoms with E-state index < -0.39 is 11.6 Å². The molecule has 3 amide bonds. The maximum absolute atomic E-state index is 13.5. The third kappa shape index (κ3) is 3.11. The molecule has 1 fully saturated rings. The Morgan fingerprint density at radius 3 is 2.38 bits per heavy atom. The molecule has 1 saturated heterocycles. The highest BCUT2D eigenvalue weighted by atomic mass is 16.2. The van der Waals surface area contributed by atoms with Crippen molar-refractivity contribution >= 4 is 28.6 Å². The number of rotatable bonds is 5. The van der Waals surface area contributed by atoms with Crippen molar-refractivity contribution in [3.05, 3.63) is 75.8 Å². The Morgan fingerprint density at radius 1 is 1.00 bits per heavy atom. The lowest BCUT2D eigenvalue weighted by Gasteiger charge is -2.22. The first-order chi connectivity index (χ1) is 16.3. The van der Waals surface area contributed by atoms with Crippen molar-refractivity contribution in [1.82, 2.24) is 29.4 Å². The summed E-state index contributed by atoms with van der Waals surface area (Å²) in [5.41, 5.74) is 1.17. The van der Waals surface area contributed by atoms with Gasteiger partial charge in [0.15, 0.2) is 5.82 Å². The van der Waals surface area contributed by atoms with Crippen molar-refractivity contribution in [3.63, 3.8) is 0 Å². The number of aromatic nitrogens is 4. The van der Waals surface area contributed by atoms with Crippen molar-refractivity contribution < 1.29 is 9.59 Å². The lowest BCUT2D eigenvalue weighted by molar-refractivity contribution is -0.131. The Balaban J connectivity index is 1.56. The van der Waals surface area contributed by atoms with Crippen LogP contribution in [0.5, 0.6) is 0 Å². The molecule has 2 aromatic heterocycles. The van der Waals surface area contributed by atoms with Gasteiger partial charge in [0.05, 0.1) is 17.4 Å². The number of amides is 3. The van der Waals surface area contributed by atoms with Gasteiger partial charge in [0, 0.05) is 6.54 Å². The summed E-state index contributed by atoms with van der Waals surface area (Å²) in [4.78, 5) is 40.5. The Bertz CT molecular complexity index is 1500. The normalized spacial score (nSPS) is 18.4. The van der Waals surface area contributed by atoms with Gasteiger partial charge in [-0.2, -0.15) is 0 Å². The molecule has 1 aliphatic heterocycles. The predicted octanol–water partition coefficient (Wildman–Crippen LogP) is 3.15. The lowest BCUT2D eigenvalue weighted by Crippen LogP contribution is -2.40. The first-order valence-electron chi connectivity index (χ1n) is 11.4. The smallest absolute Gasteiger partial charge is 0.319 e. The van der Waals surface area contributed by atoms with Gasteiger partial charge in [-0.25, -0.2) is 4.79 Å².